The summed E-state index contributed by atoms with van der Waals surface area (Å²) in [6, 6.07) is 48.8. The van der Waals surface area contributed by atoms with Gasteiger partial charge in [-0.15, -0.1) is 0 Å². The first-order chi connectivity index (χ1) is 54.4. The second-order valence-electron chi connectivity index (χ2n) is 33.7. The molecule has 0 saturated heterocycles. The Bertz CT molecular complexity index is 5830. The third kappa shape index (κ3) is 17.3. The summed E-state index contributed by atoms with van der Waals surface area (Å²) >= 11 is 0. The third-order valence-corrected chi connectivity index (χ3v) is 21.3. The molecule has 576 valence electrons. The number of aryl methyl sites for hydroxylation is 10. The fourth-order valence-corrected chi connectivity index (χ4v) is 15.2. The summed E-state index contributed by atoms with van der Waals surface area (Å²) in [6.07, 6.45) is 21.1. The molecule has 0 radical (unpaired) electrons. The molecule has 0 bridgehead atoms. The molecule has 14 aromatic rings. The Labute approximate surface area is 673 Å². The van der Waals surface area contributed by atoms with E-state index in [1.54, 1.807) is 6.20 Å². The highest BCUT2D eigenvalue weighted by molar-refractivity contribution is 5.96. The molecule has 2 aliphatic carbocycles. The third-order valence-electron chi connectivity index (χ3n) is 21.3. The fraction of sp³-hybridized carbons (Fsp3) is 0.306. The molecule has 16 nitrogen and oxygen atoms in total. The minimum Gasteiger partial charge on any atom is -0.264 e. The Kier molecular flexibility index (Phi) is 23.4. The van der Waals surface area contributed by atoms with Crippen LogP contribution in [0.1, 0.15) is 171 Å². The summed E-state index contributed by atoms with van der Waals surface area (Å²) in [6.45, 7) is 39.0. The zero-order chi connectivity index (χ0) is 81.2. The zero-order valence-electron chi connectivity index (χ0n) is 70.6. The van der Waals surface area contributed by atoms with E-state index in [4.69, 9.17) is 44.9 Å². The van der Waals surface area contributed by atoms with Gasteiger partial charge >= 0.3 is 0 Å². The van der Waals surface area contributed by atoms with E-state index in [0.717, 1.165) is 127 Å². The van der Waals surface area contributed by atoms with Crippen LogP contribution in [0.4, 0.5) is 0 Å². The summed E-state index contributed by atoms with van der Waals surface area (Å²) in [7, 11) is 8.25. The second kappa shape index (κ2) is 33.3. The van der Waals surface area contributed by atoms with Gasteiger partial charge in [0.05, 0.1) is 55.8 Å². The van der Waals surface area contributed by atoms with Gasteiger partial charge in [-0.3, -0.25) is 9.97 Å². The molecule has 0 fully saturated rings. The summed E-state index contributed by atoms with van der Waals surface area (Å²) < 4.78 is 8.48. The van der Waals surface area contributed by atoms with Crippen molar-refractivity contribution < 1.29 is 18.3 Å². The highest BCUT2D eigenvalue weighted by Crippen LogP contribution is 2.40. The Morgan fingerprint density at radius 1 is 0.377 bits per heavy atom. The van der Waals surface area contributed by atoms with Crippen molar-refractivity contribution in [2.24, 2.45) is 40.0 Å². The molecule has 114 heavy (non-hydrogen) atoms. The van der Waals surface area contributed by atoms with Crippen LogP contribution in [0.5, 0.6) is 0 Å². The predicted octanol–water partition coefficient (Wildman–Crippen LogP) is 18.5. The Morgan fingerprint density at radius 2 is 0.816 bits per heavy atom. The topological polar surface area (TPSA) is 170 Å². The van der Waals surface area contributed by atoms with E-state index < -0.39 is 0 Å². The lowest BCUT2D eigenvalue weighted by molar-refractivity contribution is -0.664. The van der Waals surface area contributed by atoms with Crippen molar-refractivity contribution in [3.63, 3.8) is 0 Å². The maximum atomic E-state index is 4.92. The highest BCUT2D eigenvalue weighted by atomic mass is 15.1. The van der Waals surface area contributed by atoms with Gasteiger partial charge in [0.15, 0.2) is 34.1 Å². The van der Waals surface area contributed by atoms with Crippen LogP contribution in [0.25, 0.3) is 101 Å². The number of aromatic nitrogens is 16. The van der Waals surface area contributed by atoms with Crippen LogP contribution in [0.15, 0.2) is 196 Å². The van der Waals surface area contributed by atoms with Gasteiger partial charge in [0.25, 0.3) is 25.3 Å². The fourth-order valence-electron chi connectivity index (χ4n) is 15.2. The predicted molar refractivity (Wildman–Crippen MR) is 458 cm³/mol. The van der Waals surface area contributed by atoms with Gasteiger partial charge in [-0.2, -0.15) is 0 Å². The maximum absolute atomic E-state index is 4.92. The SMILES string of the molecule is Cc1cc(C)c(C)c(-c2c3cc(-c4nc(C(C)(C)C)nc(C(C)(C)C)n4)ccc3nc[n+]2C)c1.Cc1cc(C)c(C)c(-c2c3cc(-c4nc(CC(C)C)nc(CC(C)C)n4)ccc3nc[n+]2C)c1.Cc1ccccc1-c1c2c(nc[n+]1C)C(c1ccccn1)=CC2.Cc1ccccc1-c1c2c(nc[n+]1C)C(c1cccnc1)=CC2. The van der Waals surface area contributed by atoms with Crippen LogP contribution >= 0.6 is 0 Å². The lowest BCUT2D eigenvalue weighted by Gasteiger charge is -2.22. The number of rotatable bonds is 12. The summed E-state index contributed by atoms with van der Waals surface area (Å²) in [5.41, 5.74) is 32.7. The van der Waals surface area contributed by atoms with Crippen LogP contribution < -0.4 is 18.3 Å². The summed E-state index contributed by atoms with van der Waals surface area (Å²) in [4.78, 5) is 56.7. The van der Waals surface area contributed by atoms with Gasteiger partial charge in [0, 0.05) is 105 Å². The lowest BCUT2D eigenvalue weighted by Crippen LogP contribution is -2.33. The molecule has 8 aromatic heterocycles. The molecule has 0 spiro atoms. The number of hydrogen-bond donors (Lipinski definition) is 0. The maximum Gasteiger partial charge on any atom is 0.287 e. The van der Waals surface area contributed by atoms with E-state index in [0.29, 0.717) is 17.7 Å². The molecule has 0 saturated carbocycles. The van der Waals surface area contributed by atoms with Crippen LogP contribution in [0.3, 0.4) is 0 Å². The van der Waals surface area contributed by atoms with Gasteiger partial charge < -0.3 is 0 Å². The standard InChI is InChI=1S/2C29H36N5.2C20H18N3/c1-17-13-18(2)19(3)21(14-17)24-22-15-20(11-12-23(22)30-16-34(24)10)25-31-26(28(4,5)6)33-27(32-25)29(7,8)9;1-17(2)11-26-31-27(12-18(3)4)33-29(32-26)22-9-10-25-24(15-22)28(34(8)16-30-25)23-14-19(5)13-20(6)21(23)7;1-14-7-3-4-8-15(14)20-17-11-10-16(18-9-5-6-12-21-18)19(17)22-13-23(20)2;1-14-6-3-4-8-16(14)20-18-10-9-17(15-7-5-11-21-12-15)19(18)22-13-23(20)2/h11-16H,1-10H3;9-10,13-18H,11-12H2,1-8H3;3-10,12-13H,11H2,1-2H3;3-9,11-13H,10H2,1-2H3/q4*+1. The molecule has 16 heteroatoms. The summed E-state index contributed by atoms with van der Waals surface area (Å²) in [5, 5.41) is 2.19. The molecule has 2 aliphatic rings. The van der Waals surface area contributed by atoms with Crippen LogP contribution in [0.2, 0.25) is 0 Å². The molecule has 16 rings (SSSR count). The number of fused-ring (bicyclic) bond motifs is 4. The van der Waals surface area contributed by atoms with E-state index in [1.165, 1.54) is 94.8 Å². The molecule has 0 N–H and O–H groups in total. The van der Waals surface area contributed by atoms with Gasteiger partial charge in [-0.05, 0) is 187 Å². The van der Waals surface area contributed by atoms with Gasteiger partial charge in [0.2, 0.25) is 0 Å². The van der Waals surface area contributed by atoms with E-state index in [-0.39, 0.29) is 10.8 Å². The number of pyridine rings is 2. The highest BCUT2D eigenvalue weighted by Gasteiger charge is 2.33. The first kappa shape index (κ1) is 80.0. The quantitative estimate of drug-likeness (QED) is 0.106. The van der Waals surface area contributed by atoms with Crippen LogP contribution in [-0.4, -0.2) is 59.8 Å². The number of nitrogens with zero attached hydrogens (tertiary/aromatic N) is 16. The van der Waals surface area contributed by atoms with E-state index in [9.17, 15) is 0 Å². The molecule has 8 heterocycles. The lowest BCUT2D eigenvalue weighted by atomic mass is 9.92. The summed E-state index contributed by atoms with van der Waals surface area (Å²) in [5.74, 6) is 5.80. The van der Waals surface area contributed by atoms with Crippen molar-refractivity contribution in [1.29, 1.82) is 0 Å². The smallest absolute Gasteiger partial charge is 0.264 e. The Balaban J connectivity index is 0.000000135. The van der Waals surface area contributed by atoms with Gasteiger partial charge in [0.1, 0.15) is 46.1 Å². The average Bonchev–Trinajstić information content (AvgIpc) is 1.33. The van der Waals surface area contributed by atoms with E-state index in [2.05, 4.69) is 313 Å². The average molecular weight is 1510 g/mol. The second-order valence-corrected chi connectivity index (χ2v) is 33.7. The minimum absolute atomic E-state index is 0.177. The van der Waals surface area contributed by atoms with Gasteiger partial charge in [-0.1, -0.05) is 165 Å². The zero-order valence-corrected chi connectivity index (χ0v) is 70.6. The van der Waals surface area contributed by atoms with Crippen LogP contribution in [0, 0.1) is 67.2 Å². The molecular formula is C98H108N16+4. The Morgan fingerprint density at radius 3 is 1.25 bits per heavy atom. The molecule has 6 aromatic carbocycles. The largest absolute Gasteiger partial charge is 0.287 e. The Hall–Kier alpha value is -12.0. The molecule has 0 atom stereocenters. The van der Waals surface area contributed by atoms with Crippen molar-refractivity contribution in [2.45, 2.75) is 161 Å². The monoisotopic (exact) mass is 1510 g/mol. The van der Waals surface area contributed by atoms with E-state index >= 15 is 0 Å². The van der Waals surface area contributed by atoms with Crippen molar-refractivity contribution >= 4 is 33.0 Å². The van der Waals surface area contributed by atoms with Crippen molar-refractivity contribution in [1.82, 2.24) is 59.8 Å². The van der Waals surface area contributed by atoms with Crippen LogP contribution in [-0.2, 0) is 64.7 Å². The molecule has 0 amide bonds. The van der Waals surface area contributed by atoms with Gasteiger partial charge in [-0.25, -0.2) is 48.2 Å². The van der Waals surface area contributed by atoms with E-state index in [1.807, 2.05) is 62.0 Å². The molecule has 0 unspecified atom stereocenters. The number of allylic oxidation sites excluding steroid dienone is 2. The first-order valence-corrected chi connectivity index (χ1v) is 39.7. The molecule has 0 aliphatic heterocycles. The number of hydrogen-bond acceptors (Lipinski definition) is 12. The van der Waals surface area contributed by atoms with Crippen molar-refractivity contribution in [3.8, 4) is 67.8 Å². The molecular weight excluding hydrogens is 1400 g/mol. The number of benzene rings is 6. The normalized spacial score (nSPS) is 12.4. The first-order valence-electron chi connectivity index (χ1n) is 39.7. The van der Waals surface area contributed by atoms with Crippen molar-refractivity contribution in [2.75, 3.05) is 0 Å². The van der Waals surface area contributed by atoms with Crippen molar-refractivity contribution in [3.05, 3.63) is 297 Å². The minimum atomic E-state index is -0.177.